The standard InChI is InChI=1S/C23H27ClN4O3/c1-15(2)13-25-23(29)20-12-16-11-19(28(30)31)7-8-21(16)27-10-9-26(14-22(20)27)18-5-3-17(24)4-6-18/h3-8,11,15,20,22H,9-10,12-14H2,1-2H3,(H,25,29)/t20-,22-/m0/s1. The Balaban J connectivity index is 1.65. The van der Waals surface area contributed by atoms with Crippen molar-refractivity contribution in [3.05, 3.63) is 63.2 Å². The number of nitro benzene ring substituents is 1. The van der Waals surface area contributed by atoms with Crippen molar-refractivity contribution in [1.82, 2.24) is 5.32 Å². The maximum absolute atomic E-state index is 13.2. The fraction of sp³-hybridized carbons (Fsp3) is 0.435. The summed E-state index contributed by atoms with van der Waals surface area (Å²) in [4.78, 5) is 28.6. The molecule has 4 rings (SSSR count). The summed E-state index contributed by atoms with van der Waals surface area (Å²) in [7, 11) is 0. The fourth-order valence-corrected chi connectivity index (χ4v) is 4.67. The molecular formula is C23H27ClN4O3. The number of nitrogens with one attached hydrogen (secondary N) is 1. The van der Waals surface area contributed by atoms with E-state index in [1.807, 2.05) is 30.3 Å². The first kappa shape index (κ1) is 21.4. The molecule has 0 bridgehead atoms. The summed E-state index contributed by atoms with van der Waals surface area (Å²) >= 11 is 6.05. The first-order valence-electron chi connectivity index (χ1n) is 10.7. The number of nitro groups is 1. The van der Waals surface area contributed by atoms with Crippen LogP contribution in [-0.4, -0.2) is 43.1 Å². The summed E-state index contributed by atoms with van der Waals surface area (Å²) in [5.74, 6) is 0.0936. The van der Waals surface area contributed by atoms with Crippen LogP contribution in [0.15, 0.2) is 42.5 Å². The Kier molecular flexibility index (Phi) is 6.05. The van der Waals surface area contributed by atoms with Gasteiger partial charge < -0.3 is 15.1 Å². The van der Waals surface area contributed by atoms with Crippen LogP contribution in [0.5, 0.6) is 0 Å². The van der Waals surface area contributed by atoms with Crippen molar-refractivity contribution in [3.63, 3.8) is 0 Å². The van der Waals surface area contributed by atoms with E-state index >= 15 is 0 Å². The molecule has 0 spiro atoms. The first-order valence-corrected chi connectivity index (χ1v) is 11.0. The molecule has 0 aromatic heterocycles. The number of nitrogens with zero attached hydrogens (tertiary/aromatic N) is 3. The predicted octanol–water partition coefficient (Wildman–Crippen LogP) is 3.89. The predicted molar refractivity (Wildman–Crippen MR) is 123 cm³/mol. The summed E-state index contributed by atoms with van der Waals surface area (Å²) in [6.07, 6.45) is 0.497. The molecule has 0 saturated carbocycles. The minimum Gasteiger partial charge on any atom is -0.368 e. The SMILES string of the molecule is CC(C)CNC(=O)[C@H]1Cc2cc([N+](=O)[O-])ccc2N2CCN(c3ccc(Cl)cc3)C[C@@H]12. The van der Waals surface area contributed by atoms with Gasteiger partial charge in [-0.2, -0.15) is 0 Å². The van der Waals surface area contributed by atoms with E-state index in [9.17, 15) is 14.9 Å². The minimum atomic E-state index is -0.376. The maximum atomic E-state index is 13.2. The van der Waals surface area contributed by atoms with Gasteiger partial charge in [-0.3, -0.25) is 14.9 Å². The van der Waals surface area contributed by atoms with E-state index in [1.54, 1.807) is 12.1 Å². The average molecular weight is 443 g/mol. The zero-order chi connectivity index (χ0) is 22.1. The van der Waals surface area contributed by atoms with Crippen LogP contribution in [0.2, 0.25) is 5.02 Å². The Morgan fingerprint density at radius 1 is 1.23 bits per heavy atom. The monoisotopic (exact) mass is 442 g/mol. The number of halogens is 1. The molecule has 2 atom stereocenters. The molecule has 2 heterocycles. The highest BCUT2D eigenvalue weighted by molar-refractivity contribution is 6.30. The molecule has 2 aliphatic heterocycles. The lowest BCUT2D eigenvalue weighted by molar-refractivity contribution is -0.384. The van der Waals surface area contributed by atoms with Crippen LogP contribution in [0.4, 0.5) is 17.1 Å². The summed E-state index contributed by atoms with van der Waals surface area (Å²) in [5.41, 5.74) is 3.02. The second-order valence-corrected chi connectivity index (χ2v) is 9.14. The number of fused-ring (bicyclic) bond motifs is 3. The maximum Gasteiger partial charge on any atom is 0.269 e. The number of carbonyl (C=O) groups is 1. The molecule has 164 valence electrons. The van der Waals surface area contributed by atoms with E-state index < -0.39 is 0 Å². The number of anilines is 2. The Morgan fingerprint density at radius 2 is 1.97 bits per heavy atom. The van der Waals surface area contributed by atoms with Gasteiger partial charge in [0.15, 0.2) is 0 Å². The average Bonchev–Trinajstić information content (AvgIpc) is 2.76. The Hall–Kier alpha value is -2.80. The van der Waals surface area contributed by atoms with Crippen LogP contribution >= 0.6 is 11.6 Å². The van der Waals surface area contributed by atoms with Crippen molar-refractivity contribution < 1.29 is 9.72 Å². The van der Waals surface area contributed by atoms with Crippen molar-refractivity contribution in [2.45, 2.75) is 26.3 Å². The minimum absolute atomic E-state index is 0.00875. The van der Waals surface area contributed by atoms with Crippen molar-refractivity contribution >= 4 is 34.6 Å². The molecule has 31 heavy (non-hydrogen) atoms. The normalized spacial score (nSPS) is 20.3. The van der Waals surface area contributed by atoms with Crippen molar-refractivity contribution in [2.75, 3.05) is 36.0 Å². The van der Waals surface area contributed by atoms with Gasteiger partial charge in [0.25, 0.3) is 5.69 Å². The van der Waals surface area contributed by atoms with Crippen LogP contribution in [0.25, 0.3) is 0 Å². The number of hydrogen-bond acceptors (Lipinski definition) is 5. The van der Waals surface area contributed by atoms with Gasteiger partial charge in [-0.25, -0.2) is 0 Å². The highest BCUT2D eigenvalue weighted by Crippen LogP contribution is 2.38. The first-order chi connectivity index (χ1) is 14.8. The molecule has 2 aliphatic rings. The van der Waals surface area contributed by atoms with E-state index in [-0.39, 0.29) is 28.5 Å². The molecule has 0 unspecified atom stereocenters. The topological polar surface area (TPSA) is 78.7 Å². The number of benzene rings is 2. The lowest BCUT2D eigenvalue weighted by atomic mass is 9.83. The number of piperazine rings is 1. The highest BCUT2D eigenvalue weighted by atomic mass is 35.5. The zero-order valence-corrected chi connectivity index (χ0v) is 18.5. The number of amides is 1. The number of rotatable bonds is 5. The molecule has 0 aliphatic carbocycles. The molecular weight excluding hydrogens is 416 g/mol. The molecule has 1 fully saturated rings. The van der Waals surface area contributed by atoms with Gasteiger partial charge in [-0.1, -0.05) is 25.4 Å². The summed E-state index contributed by atoms with van der Waals surface area (Å²) < 4.78 is 0. The largest absolute Gasteiger partial charge is 0.368 e. The third kappa shape index (κ3) is 4.46. The summed E-state index contributed by atoms with van der Waals surface area (Å²) in [6.45, 7) is 6.99. The van der Waals surface area contributed by atoms with Crippen LogP contribution in [0, 0.1) is 22.0 Å². The van der Waals surface area contributed by atoms with E-state index in [1.165, 1.54) is 0 Å². The third-order valence-corrected chi connectivity index (χ3v) is 6.37. The fourth-order valence-electron chi connectivity index (χ4n) is 4.55. The zero-order valence-electron chi connectivity index (χ0n) is 17.8. The second kappa shape index (κ2) is 8.75. The number of non-ortho nitro benzene ring substituents is 1. The lowest BCUT2D eigenvalue weighted by Crippen LogP contribution is -2.61. The van der Waals surface area contributed by atoms with Gasteiger partial charge in [0.05, 0.1) is 16.9 Å². The van der Waals surface area contributed by atoms with E-state index in [0.717, 1.165) is 30.0 Å². The molecule has 2 aromatic rings. The summed E-state index contributed by atoms with van der Waals surface area (Å²) in [5, 5.41) is 15.1. The van der Waals surface area contributed by atoms with Gasteiger partial charge in [0.2, 0.25) is 5.91 Å². The van der Waals surface area contributed by atoms with E-state index in [4.69, 9.17) is 11.6 Å². The van der Waals surface area contributed by atoms with Gasteiger partial charge in [0, 0.05) is 54.7 Å². The van der Waals surface area contributed by atoms with Gasteiger partial charge >= 0.3 is 0 Å². The molecule has 1 N–H and O–H groups in total. The highest BCUT2D eigenvalue weighted by Gasteiger charge is 2.42. The summed E-state index contributed by atoms with van der Waals surface area (Å²) in [6, 6.07) is 12.8. The van der Waals surface area contributed by atoms with Crippen LogP contribution in [0.3, 0.4) is 0 Å². The molecule has 2 aromatic carbocycles. The molecule has 8 heteroatoms. The Morgan fingerprint density at radius 3 is 2.65 bits per heavy atom. The van der Waals surface area contributed by atoms with Gasteiger partial charge in [-0.15, -0.1) is 0 Å². The second-order valence-electron chi connectivity index (χ2n) is 8.70. The van der Waals surface area contributed by atoms with Gasteiger partial charge in [0.1, 0.15) is 0 Å². The molecule has 7 nitrogen and oxygen atoms in total. The quantitative estimate of drug-likeness (QED) is 0.561. The Bertz CT molecular complexity index is 979. The van der Waals surface area contributed by atoms with Crippen molar-refractivity contribution in [2.24, 2.45) is 11.8 Å². The number of carbonyl (C=O) groups excluding carboxylic acids is 1. The van der Waals surface area contributed by atoms with Crippen molar-refractivity contribution in [1.29, 1.82) is 0 Å². The van der Waals surface area contributed by atoms with Crippen molar-refractivity contribution in [3.8, 4) is 0 Å². The lowest BCUT2D eigenvalue weighted by Gasteiger charge is -2.49. The van der Waals surface area contributed by atoms with E-state index in [0.29, 0.717) is 30.5 Å². The molecule has 1 amide bonds. The molecule has 0 radical (unpaired) electrons. The van der Waals surface area contributed by atoms with Crippen LogP contribution in [-0.2, 0) is 11.2 Å². The van der Waals surface area contributed by atoms with Crippen LogP contribution in [0.1, 0.15) is 19.4 Å². The number of hydrogen-bond donors (Lipinski definition) is 1. The smallest absolute Gasteiger partial charge is 0.269 e. The van der Waals surface area contributed by atoms with Crippen LogP contribution < -0.4 is 15.1 Å². The molecule has 1 saturated heterocycles. The van der Waals surface area contributed by atoms with Gasteiger partial charge in [-0.05, 0) is 48.2 Å². The third-order valence-electron chi connectivity index (χ3n) is 6.12. The van der Waals surface area contributed by atoms with E-state index in [2.05, 4.69) is 29.0 Å². The Labute approximate surface area is 187 Å².